The highest BCUT2D eigenvalue weighted by Gasteiger charge is 2.41. The first-order valence-electron chi connectivity index (χ1n) is 7.59. The smallest absolute Gasteiger partial charge is 0.152 e. The summed E-state index contributed by atoms with van der Waals surface area (Å²) < 4.78 is 23.9. The van der Waals surface area contributed by atoms with E-state index in [0.717, 1.165) is 25.3 Å². The summed E-state index contributed by atoms with van der Waals surface area (Å²) in [7, 11) is -0.838. The van der Waals surface area contributed by atoms with Crippen LogP contribution in [0.2, 0.25) is 0 Å². The van der Waals surface area contributed by atoms with Gasteiger partial charge in [0.1, 0.15) is 0 Å². The van der Waals surface area contributed by atoms with Gasteiger partial charge in [-0.1, -0.05) is 19.3 Å². The van der Waals surface area contributed by atoms with Crippen molar-refractivity contribution in [1.82, 2.24) is 4.90 Å². The molecule has 2 rings (SSSR count). The van der Waals surface area contributed by atoms with Crippen LogP contribution in [-0.2, 0) is 9.84 Å². The van der Waals surface area contributed by atoms with E-state index in [1.165, 1.54) is 32.1 Å². The summed E-state index contributed by atoms with van der Waals surface area (Å²) in [5, 5.41) is 0. The first-order valence-corrected chi connectivity index (χ1v) is 9.41. The van der Waals surface area contributed by atoms with Crippen molar-refractivity contribution in [2.75, 3.05) is 31.6 Å². The Balaban J connectivity index is 2.02. The molecule has 0 aromatic rings. The summed E-state index contributed by atoms with van der Waals surface area (Å²) in [5.41, 5.74) is 5.65. The van der Waals surface area contributed by atoms with Gasteiger partial charge >= 0.3 is 0 Å². The van der Waals surface area contributed by atoms with E-state index >= 15 is 0 Å². The van der Waals surface area contributed by atoms with Crippen molar-refractivity contribution in [3.63, 3.8) is 0 Å². The van der Waals surface area contributed by atoms with Crippen LogP contribution in [0, 0.1) is 5.92 Å². The predicted octanol–water partition coefficient (Wildman–Crippen LogP) is 1.40. The van der Waals surface area contributed by atoms with Crippen LogP contribution in [0.25, 0.3) is 0 Å². The SMILES string of the molecule is CN(CC1CCCCC1)C1(CN)CCCS(=O)(=O)C1. The molecule has 1 saturated carbocycles. The molecule has 5 heteroatoms. The molecule has 0 amide bonds. The molecule has 1 atom stereocenters. The van der Waals surface area contributed by atoms with Crippen molar-refractivity contribution in [3.05, 3.63) is 0 Å². The highest BCUT2D eigenvalue weighted by atomic mass is 32.2. The molecule has 2 fully saturated rings. The second-order valence-electron chi connectivity index (χ2n) is 6.51. The molecule has 1 aliphatic carbocycles. The maximum absolute atomic E-state index is 11.9. The summed E-state index contributed by atoms with van der Waals surface area (Å²) in [5.74, 6) is 1.32. The molecule has 19 heavy (non-hydrogen) atoms. The van der Waals surface area contributed by atoms with Crippen LogP contribution < -0.4 is 5.73 Å². The standard InChI is InChI=1S/C14H28N2O2S/c1-16(10-13-6-3-2-4-7-13)14(11-15)8-5-9-19(17,18)12-14/h13H,2-12,15H2,1H3. The third kappa shape index (κ3) is 3.70. The van der Waals surface area contributed by atoms with Gasteiger partial charge in [-0.3, -0.25) is 4.90 Å². The van der Waals surface area contributed by atoms with Crippen molar-refractivity contribution < 1.29 is 8.42 Å². The minimum absolute atomic E-state index is 0.250. The van der Waals surface area contributed by atoms with E-state index in [-0.39, 0.29) is 11.3 Å². The van der Waals surface area contributed by atoms with Crippen LogP contribution in [0.3, 0.4) is 0 Å². The molecule has 1 unspecified atom stereocenters. The van der Waals surface area contributed by atoms with E-state index in [1.54, 1.807) is 0 Å². The van der Waals surface area contributed by atoms with Gasteiger partial charge in [0.2, 0.25) is 0 Å². The van der Waals surface area contributed by atoms with Crippen molar-refractivity contribution in [1.29, 1.82) is 0 Å². The van der Waals surface area contributed by atoms with Crippen LogP contribution in [0.5, 0.6) is 0 Å². The fraction of sp³-hybridized carbons (Fsp3) is 1.00. The monoisotopic (exact) mass is 288 g/mol. The van der Waals surface area contributed by atoms with Gasteiger partial charge in [-0.2, -0.15) is 0 Å². The molecule has 0 bridgehead atoms. The highest BCUT2D eigenvalue weighted by Crippen LogP contribution is 2.31. The van der Waals surface area contributed by atoms with Gasteiger partial charge in [-0.15, -0.1) is 0 Å². The number of hydrogen-bond acceptors (Lipinski definition) is 4. The Morgan fingerprint density at radius 3 is 2.47 bits per heavy atom. The Hall–Kier alpha value is -0.130. The van der Waals surface area contributed by atoms with Gasteiger partial charge in [0.15, 0.2) is 9.84 Å². The summed E-state index contributed by atoms with van der Waals surface area (Å²) in [6.07, 6.45) is 8.27. The predicted molar refractivity (Wildman–Crippen MR) is 78.9 cm³/mol. The van der Waals surface area contributed by atoms with Crippen molar-refractivity contribution >= 4 is 9.84 Å². The maximum Gasteiger partial charge on any atom is 0.152 e. The lowest BCUT2D eigenvalue weighted by Gasteiger charge is -2.45. The Morgan fingerprint density at radius 2 is 1.89 bits per heavy atom. The molecule has 112 valence electrons. The molecule has 0 aromatic carbocycles. The lowest BCUT2D eigenvalue weighted by Crippen LogP contribution is -2.59. The third-order valence-electron chi connectivity index (χ3n) is 5.03. The van der Waals surface area contributed by atoms with Gasteiger partial charge in [0.25, 0.3) is 0 Å². The average molecular weight is 288 g/mol. The minimum Gasteiger partial charge on any atom is -0.329 e. The Labute approximate surface area is 117 Å². The molecule has 4 nitrogen and oxygen atoms in total. The lowest BCUT2D eigenvalue weighted by atomic mass is 9.86. The van der Waals surface area contributed by atoms with Crippen molar-refractivity contribution in [3.8, 4) is 0 Å². The van der Waals surface area contributed by atoms with Crippen LogP contribution in [0.1, 0.15) is 44.9 Å². The van der Waals surface area contributed by atoms with Crippen LogP contribution in [0.4, 0.5) is 0 Å². The van der Waals surface area contributed by atoms with Crippen LogP contribution in [0.15, 0.2) is 0 Å². The second-order valence-corrected chi connectivity index (χ2v) is 8.69. The highest BCUT2D eigenvalue weighted by molar-refractivity contribution is 7.91. The first-order chi connectivity index (χ1) is 8.97. The zero-order chi connectivity index (χ0) is 13.9. The number of likely N-dealkylation sites (N-methyl/N-ethyl adjacent to an activating group) is 1. The molecular weight excluding hydrogens is 260 g/mol. The number of sulfone groups is 1. The van der Waals surface area contributed by atoms with Gasteiger partial charge < -0.3 is 5.73 Å². The fourth-order valence-electron chi connectivity index (χ4n) is 3.74. The largest absolute Gasteiger partial charge is 0.329 e. The Kier molecular flexibility index (Phi) is 4.90. The Bertz CT molecular complexity index is 390. The topological polar surface area (TPSA) is 63.4 Å². The normalized spacial score (nSPS) is 32.6. The van der Waals surface area contributed by atoms with Gasteiger partial charge in [0, 0.05) is 18.6 Å². The first kappa shape index (κ1) is 15.3. The molecule has 0 radical (unpaired) electrons. The summed E-state index contributed by atoms with van der Waals surface area (Å²) in [6.45, 7) is 1.46. The molecule has 1 saturated heterocycles. The quantitative estimate of drug-likeness (QED) is 0.849. The molecule has 0 spiro atoms. The molecule has 0 aromatic heterocycles. The molecule has 2 aliphatic rings. The zero-order valence-electron chi connectivity index (χ0n) is 12.1. The van der Waals surface area contributed by atoms with Crippen molar-refractivity contribution in [2.45, 2.75) is 50.5 Å². The van der Waals surface area contributed by atoms with Crippen molar-refractivity contribution in [2.24, 2.45) is 11.7 Å². The maximum atomic E-state index is 11.9. The summed E-state index contributed by atoms with van der Waals surface area (Å²) in [4.78, 5) is 2.26. The number of nitrogens with zero attached hydrogens (tertiary/aromatic N) is 1. The van der Waals surface area contributed by atoms with Crippen LogP contribution >= 0.6 is 0 Å². The zero-order valence-corrected chi connectivity index (χ0v) is 12.9. The average Bonchev–Trinajstić information content (AvgIpc) is 2.38. The third-order valence-corrected chi connectivity index (χ3v) is 6.92. The minimum atomic E-state index is -2.91. The molecule has 1 aliphatic heterocycles. The lowest BCUT2D eigenvalue weighted by molar-refractivity contribution is 0.101. The van der Waals surface area contributed by atoms with E-state index in [2.05, 4.69) is 11.9 Å². The number of nitrogens with two attached hydrogens (primary N) is 1. The van der Waals surface area contributed by atoms with E-state index in [0.29, 0.717) is 12.3 Å². The summed E-state index contributed by atoms with van der Waals surface area (Å²) in [6, 6.07) is 0. The van der Waals surface area contributed by atoms with E-state index in [4.69, 9.17) is 5.73 Å². The molecule has 1 heterocycles. The number of hydrogen-bond donors (Lipinski definition) is 1. The molecular formula is C14H28N2O2S. The van der Waals surface area contributed by atoms with Gasteiger partial charge in [0.05, 0.1) is 11.5 Å². The Morgan fingerprint density at radius 1 is 1.21 bits per heavy atom. The summed E-state index contributed by atoms with van der Waals surface area (Å²) >= 11 is 0. The fourth-order valence-corrected chi connectivity index (χ4v) is 5.77. The van der Waals surface area contributed by atoms with E-state index in [1.807, 2.05) is 0 Å². The van der Waals surface area contributed by atoms with Crippen LogP contribution in [-0.4, -0.2) is 50.5 Å². The van der Waals surface area contributed by atoms with Gasteiger partial charge in [-0.05, 0) is 38.6 Å². The molecule has 2 N–H and O–H groups in total. The van der Waals surface area contributed by atoms with E-state index < -0.39 is 9.84 Å². The van der Waals surface area contributed by atoms with Gasteiger partial charge in [-0.25, -0.2) is 8.42 Å². The second kappa shape index (κ2) is 6.10. The van der Waals surface area contributed by atoms with E-state index in [9.17, 15) is 8.42 Å². The number of rotatable bonds is 4.